The lowest BCUT2D eigenvalue weighted by molar-refractivity contribution is 0.255. The van der Waals surface area contributed by atoms with Gasteiger partial charge in [0, 0.05) is 12.1 Å². The van der Waals surface area contributed by atoms with E-state index in [9.17, 15) is 0 Å². The highest BCUT2D eigenvalue weighted by atomic mass is 35.5. The molecule has 2 nitrogen and oxygen atoms in total. The van der Waals surface area contributed by atoms with Crippen molar-refractivity contribution < 1.29 is 0 Å². The van der Waals surface area contributed by atoms with E-state index in [1.54, 1.807) is 0 Å². The highest BCUT2D eigenvalue weighted by Gasteiger charge is 2.23. The molecule has 0 spiro atoms. The summed E-state index contributed by atoms with van der Waals surface area (Å²) in [6.07, 6.45) is 3.80. The quantitative estimate of drug-likeness (QED) is 0.749. The molecular weight excluding hydrogens is 267 g/mol. The van der Waals surface area contributed by atoms with Gasteiger partial charge >= 0.3 is 0 Å². The Morgan fingerprint density at radius 3 is 2.72 bits per heavy atom. The predicted octanol–water partition coefficient (Wildman–Crippen LogP) is 4.40. The standard InChI is InChI=1S/C14H20Cl2N2/c1-14(2)6-3-8-18(9-7-14)10-11-4-5-12(15)17-13(11)16/h4-5H,3,6-10H2,1-2H3. The molecule has 0 radical (unpaired) electrons. The predicted molar refractivity (Wildman–Crippen MR) is 77.2 cm³/mol. The molecule has 0 unspecified atom stereocenters. The van der Waals surface area contributed by atoms with Crippen LogP contribution in [0.15, 0.2) is 12.1 Å². The molecule has 1 aliphatic heterocycles. The van der Waals surface area contributed by atoms with E-state index in [0.717, 1.165) is 25.2 Å². The van der Waals surface area contributed by atoms with Crippen LogP contribution in [0.2, 0.25) is 10.3 Å². The average Bonchev–Trinajstić information content (AvgIpc) is 2.44. The van der Waals surface area contributed by atoms with Crippen molar-refractivity contribution in [2.24, 2.45) is 5.41 Å². The normalized spacial score (nSPS) is 20.7. The van der Waals surface area contributed by atoms with Crippen LogP contribution in [-0.4, -0.2) is 23.0 Å². The first-order valence-corrected chi connectivity index (χ1v) is 7.25. The van der Waals surface area contributed by atoms with E-state index >= 15 is 0 Å². The Labute approximate surface area is 119 Å². The minimum Gasteiger partial charge on any atom is -0.299 e. The summed E-state index contributed by atoms with van der Waals surface area (Å²) in [5.41, 5.74) is 1.54. The smallest absolute Gasteiger partial charge is 0.135 e. The number of pyridine rings is 1. The van der Waals surface area contributed by atoms with Crippen LogP contribution < -0.4 is 0 Å². The molecule has 0 saturated carbocycles. The van der Waals surface area contributed by atoms with Gasteiger partial charge in [0.15, 0.2) is 0 Å². The van der Waals surface area contributed by atoms with Gasteiger partial charge in [-0.15, -0.1) is 0 Å². The second-order valence-electron chi connectivity index (χ2n) is 5.88. The topological polar surface area (TPSA) is 16.1 Å². The van der Waals surface area contributed by atoms with Crippen LogP contribution in [0.5, 0.6) is 0 Å². The van der Waals surface area contributed by atoms with Crippen molar-refractivity contribution in [3.05, 3.63) is 28.0 Å². The third-order valence-electron chi connectivity index (χ3n) is 3.72. The molecule has 0 aromatic carbocycles. The average molecular weight is 287 g/mol. The molecule has 0 N–H and O–H groups in total. The highest BCUT2D eigenvalue weighted by molar-refractivity contribution is 6.32. The van der Waals surface area contributed by atoms with Gasteiger partial charge in [0.2, 0.25) is 0 Å². The second kappa shape index (κ2) is 5.77. The van der Waals surface area contributed by atoms with Gasteiger partial charge in [-0.3, -0.25) is 4.90 Å². The monoisotopic (exact) mass is 286 g/mol. The zero-order valence-corrected chi connectivity index (χ0v) is 12.6. The van der Waals surface area contributed by atoms with Crippen molar-refractivity contribution in [3.8, 4) is 0 Å². The van der Waals surface area contributed by atoms with Crippen molar-refractivity contribution in [3.63, 3.8) is 0 Å². The molecule has 0 amide bonds. The number of aromatic nitrogens is 1. The van der Waals surface area contributed by atoms with Crippen LogP contribution in [0.25, 0.3) is 0 Å². The minimum absolute atomic E-state index is 0.459. The Morgan fingerprint density at radius 1 is 1.22 bits per heavy atom. The maximum Gasteiger partial charge on any atom is 0.135 e. The lowest BCUT2D eigenvalue weighted by Gasteiger charge is -2.23. The molecule has 100 valence electrons. The molecular formula is C14H20Cl2N2. The summed E-state index contributed by atoms with van der Waals surface area (Å²) < 4.78 is 0. The molecule has 2 rings (SSSR count). The third-order valence-corrected chi connectivity index (χ3v) is 4.26. The Morgan fingerprint density at radius 2 is 2.00 bits per heavy atom. The lowest BCUT2D eigenvalue weighted by Crippen LogP contribution is -2.25. The Kier molecular flexibility index (Phi) is 4.52. The minimum atomic E-state index is 0.459. The summed E-state index contributed by atoms with van der Waals surface area (Å²) >= 11 is 11.9. The second-order valence-corrected chi connectivity index (χ2v) is 6.62. The molecule has 1 aromatic rings. The largest absolute Gasteiger partial charge is 0.299 e. The van der Waals surface area contributed by atoms with E-state index in [-0.39, 0.29) is 0 Å². The van der Waals surface area contributed by atoms with Crippen molar-refractivity contribution in [1.82, 2.24) is 9.88 Å². The van der Waals surface area contributed by atoms with Gasteiger partial charge in [-0.2, -0.15) is 0 Å². The fourth-order valence-electron chi connectivity index (χ4n) is 2.44. The lowest BCUT2D eigenvalue weighted by atomic mass is 9.85. The van der Waals surface area contributed by atoms with Gasteiger partial charge in [-0.25, -0.2) is 4.98 Å². The molecule has 1 aromatic heterocycles. The first-order valence-electron chi connectivity index (χ1n) is 6.50. The number of likely N-dealkylation sites (tertiary alicyclic amines) is 1. The van der Waals surface area contributed by atoms with Crippen LogP contribution in [0.1, 0.15) is 38.7 Å². The van der Waals surface area contributed by atoms with E-state index in [2.05, 4.69) is 23.7 Å². The zero-order chi connectivity index (χ0) is 13.2. The Balaban J connectivity index is 2.01. The van der Waals surface area contributed by atoms with Gasteiger partial charge in [0.05, 0.1) is 0 Å². The van der Waals surface area contributed by atoms with Gasteiger partial charge in [-0.1, -0.05) is 43.1 Å². The Hall–Kier alpha value is -0.310. The fourth-order valence-corrected chi connectivity index (χ4v) is 2.84. The summed E-state index contributed by atoms with van der Waals surface area (Å²) in [5.74, 6) is 0. The van der Waals surface area contributed by atoms with E-state index < -0.39 is 0 Å². The fraction of sp³-hybridized carbons (Fsp3) is 0.643. The summed E-state index contributed by atoms with van der Waals surface area (Å²) in [6, 6.07) is 3.79. The maximum absolute atomic E-state index is 6.12. The SMILES string of the molecule is CC1(C)CCCN(Cc2ccc(Cl)nc2Cl)CC1. The molecule has 1 fully saturated rings. The molecule has 1 saturated heterocycles. The summed E-state index contributed by atoms with van der Waals surface area (Å²) in [7, 11) is 0. The summed E-state index contributed by atoms with van der Waals surface area (Å²) in [5, 5.41) is 0.992. The van der Waals surface area contributed by atoms with Crippen LogP contribution in [0.3, 0.4) is 0 Å². The molecule has 1 aliphatic rings. The van der Waals surface area contributed by atoms with Crippen molar-refractivity contribution in [1.29, 1.82) is 0 Å². The van der Waals surface area contributed by atoms with Gasteiger partial charge in [-0.05, 0) is 43.8 Å². The van der Waals surface area contributed by atoms with Crippen LogP contribution >= 0.6 is 23.2 Å². The van der Waals surface area contributed by atoms with Crippen LogP contribution in [0.4, 0.5) is 0 Å². The first kappa shape index (κ1) is 14.1. The van der Waals surface area contributed by atoms with Gasteiger partial charge in [0.1, 0.15) is 10.3 Å². The van der Waals surface area contributed by atoms with Crippen molar-refractivity contribution in [2.45, 2.75) is 39.7 Å². The van der Waals surface area contributed by atoms with Crippen molar-refractivity contribution >= 4 is 23.2 Å². The van der Waals surface area contributed by atoms with E-state index in [1.807, 2.05) is 12.1 Å². The van der Waals surface area contributed by atoms with E-state index in [0.29, 0.717) is 15.7 Å². The van der Waals surface area contributed by atoms with Gasteiger partial charge < -0.3 is 0 Å². The molecule has 2 heterocycles. The molecule has 4 heteroatoms. The first-order chi connectivity index (χ1) is 8.46. The highest BCUT2D eigenvalue weighted by Crippen LogP contribution is 2.30. The third kappa shape index (κ3) is 3.84. The molecule has 0 bridgehead atoms. The number of nitrogens with zero attached hydrogens (tertiary/aromatic N) is 2. The van der Waals surface area contributed by atoms with Crippen molar-refractivity contribution in [2.75, 3.05) is 13.1 Å². The summed E-state index contributed by atoms with van der Waals surface area (Å²) in [4.78, 5) is 6.56. The zero-order valence-electron chi connectivity index (χ0n) is 11.0. The number of hydrogen-bond donors (Lipinski definition) is 0. The Bertz CT molecular complexity index is 418. The summed E-state index contributed by atoms with van der Waals surface area (Å²) in [6.45, 7) is 7.86. The number of rotatable bonds is 2. The van der Waals surface area contributed by atoms with E-state index in [4.69, 9.17) is 23.2 Å². The van der Waals surface area contributed by atoms with Crippen LogP contribution in [-0.2, 0) is 6.54 Å². The van der Waals surface area contributed by atoms with Gasteiger partial charge in [0.25, 0.3) is 0 Å². The van der Waals surface area contributed by atoms with E-state index in [1.165, 1.54) is 19.3 Å². The number of halogens is 2. The maximum atomic E-state index is 6.12. The molecule has 0 aliphatic carbocycles. The van der Waals surface area contributed by atoms with Crippen LogP contribution in [0, 0.1) is 5.41 Å². The number of hydrogen-bond acceptors (Lipinski definition) is 2. The molecule has 0 atom stereocenters. The molecule has 18 heavy (non-hydrogen) atoms.